The molecule has 1 aromatic carbocycles. The van der Waals surface area contributed by atoms with Gasteiger partial charge in [-0.15, -0.1) is 0 Å². The van der Waals surface area contributed by atoms with Crippen molar-refractivity contribution in [3.63, 3.8) is 0 Å². The second kappa shape index (κ2) is 6.04. The molecule has 0 aromatic heterocycles. The zero-order valence-corrected chi connectivity index (χ0v) is 15.5. The Kier molecular flexibility index (Phi) is 4.96. The van der Waals surface area contributed by atoms with Gasteiger partial charge in [0.15, 0.2) is 0 Å². The third-order valence-corrected chi connectivity index (χ3v) is 6.86. The Morgan fingerprint density at radius 2 is 1.70 bits per heavy atom. The van der Waals surface area contributed by atoms with Gasteiger partial charge in [-0.3, -0.25) is 0 Å². The van der Waals surface area contributed by atoms with Gasteiger partial charge in [-0.25, -0.2) is 8.42 Å². The summed E-state index contributed by atoms with van der Waals surface area (Å²) >= 11 is 6.75. The van der Waals surface area contributed by atoms with E-state index in [1.165, 1.54) is 4.31 Å². The van der Waals surface area contributed by atoms with Gasteiger partial charge in [0.2, 0.25) is 10.0 Å². The molecule has 0 unspecified atom stereocenters. The number of hydrogen-bond donors (Lipinski definition) is 0. The lowest BCUT2D eigenvalue weighted by molar-refractivity contribution is -0.0440. The molecule has 0 saturated carbocycles. The van der Waals surface area contributed by atoms with Crippen LogP contribution in [0.1, 0.15) is 19.4 Å². The van der Waals surface area contributed by atoms with Crippen molar-refractivity contribution >= 4 is 41.9 Å². The fourth-order valence-electron chi connectivity index (χ4n) is 2.29. The minimum Gasteiger partial charge on any atom is -0.373 e. The zero-order valence-electron chi connectivity index (χ0n) is 11.6. The van der Waals surface area contributed by atoms with Crippen LogP contribution < -0.4 is 0 Å². The molecule has 0 bridgehead atoms. The molecule has 1 heterocycles. The number of hydrogen-bond acceptors (Lipinski definition) is 3. The van der Waals surface area contributed by atoms with Crippen LogP contribution in [0.4, 0.5) is 0 Å². The Hall–Kier alpha value is 0.0500. The SMILES string of the molecule is Cc1cc(Br)c(S(=O)(=O)N2C[C@@H](C)O[C@@H](C)C2)cc1Br. The molecule has 0 amide bonds. The molecule has 1 saturated heterocycles. The van der Waals surface area contributed by atoms with Crippen LogP contribution in [0.25, 0.3) is 0 Å². The summed E-state index contributed by atoms with van der Waals surface area (Å²) in [6.07, 6.45) is -0.192. The Morgan fingerprint density at radius 3 is 2.25 bits per heavy atom. The Morgan fingerprint density at radius 1 is 1.15 bits per heavy atom. The molecule has 0 radical (unpaired) electrons. The van der Waals surface area contributed by atoms with Crippen molar-refractivity contribution in [3.8, 4) is 0 Å². The normalized spacial score (nSPS) is 24.9. The van der Waals surface area contributed by atoms with Crippen LogP contribution >= 0.6 is 31.9 Å². The summed E-state index contributed by atoms with van der Waals surface area (Å²) in [5, 5.41) is 0. The van der Waals surface area contributed by atoms with Gasteiger partial charge in [-0.2, -0.15) is 4.31 Å². The average molecular weight is 427 g/mol. The Balaban J connectivity index is 2.42. The largest absolute Gasteiger partial charge is 0.373 e. The maximum Gasteiger partial charge on any atom is 0.244 e. The third kappa shape index (κ3) is 3.27. The fourth-order valence-corrected chi connectivity index (χ4v) is 5.52. The highest BCUT2D eigenvalue weighted by molar-refractivity contribution is 9.11. The van der Waals surface area contributed by atoms with Crippen molar-refractivity contribution in [2.75, 3.05) is 13.1 Å². The zero-order chi connectivity index (χ0) is 15.1. The maximum absolute atomic E-state index is 12.8. The Labute approximate surface area is 136 Å². The molecule has 0 aliphatic carbocycles. The lowest BCUT2D eigenvalue weighted by Gasteiger charge is -2.34. The van der Waals surface area contributed by atoms with E-state index in [0.29, 0.717) is 17.6 Å². The number of aryl methyl sites for hydroxylation is 1. The lowest BCUT2D eigenvalue weighted by atomic mass is 10.2. The minimum absolute atomic E-state index is 0.0961. The van der Waals surface area contributed by atoms with E-state index in [-0.39, 0.29) is 17.1 Å². The van der Waals surface area contributed by atoms with Gasteiger partial charge >= 0.3 is 0 Å². The first-order valence-electron chi connectivity index (χ1n) is 6.33. The van der Waals surface area contributed by atoms with Gasteiger partial charge < -0.3 is 4.74 Å². The summed E-state index contributed by atoms with van der Waals surface area (Å²) in [4.78, 5) is 0.288. The van der Waals surface area contributed by atoms with Crippen molar-refractivity contribution in [2.24, 2.45) is 0 Å². The third-order valence-electron chi connectivity index (χ3n) is 3.22. The summed E-state index contributed by atoms with van der Waals surface area (Å²) in [6.45, 7) is 6.45. The Bertz CT molecular complexity index is 608. The number of nitrogens with zero attached hydrogens (tertiary/aromatic N) is 1. The number of halogens is 2. The minimum atomic E-state index is -3.52. The van der Waals surface area contributed by atoms with E-state index in [4.69, 9.17) is 4.74 Å². The van der Waals surface area contributed by atoms with Crippen molar-refractivity contribution in [1.29, 1.82) is 0 Å². The number of morpholine rings is 1. The van der Waals surface area contributed by atoms with Crippen LogP contribution in [0.2, 0.25) is 0 Å². The number of sulfonamides is 1. The molecule has 0 spiro atoms. The molecule has 1 fully saturated rings. The molecule has 2 rings (SSSR count). The van der Waals surface area contributed by atoms with Gasteiger partial charge in [0, 0.05) is 22.0 Å². The van der Waals surface area contributed by atoms with Crippen LogP contribution in [0.15, 0.2) is 26.0 Å². The van der Waals surface area contributed by atoms with E-state index < -0.39 is 10.0 Å². The molecule has 20 heavy (non-hydrogen) atoms. The van der Waals surface area contributed by atoms with Gasteiger partial charge in [-0.1, -0.05) is 15.9 Å². The molecule has 112 valence electrons. The first-order valence-corrected chi connectivity index (χ1v) is 9.35. The van der Waals surface area contributed by atoms with E-state index in [1.54, 1.807) is 6.07 Å². The summed E-state index contributed by atoms with van der Waals surface area (Å²) in [7, 11) is -3.52. The fraction of sp³-hybridized carbons (Fsp3) is 0.538. The summed E-state index contributed by atoms with van der Waals surface area (Å²) in [6, 6.07) is 3.46. The smallest absolute Gasteiger partial charge is 0.244 e. The van der Waals surface area contributed by atoms with Crippen molar-refractivity contribution in [1.82, 2.24) is 4.31 Å². The van der Waals surface area contributed by atoms with Gasteiger partial charge in [0.1, 0.15) is 0 Å². The summed E-state index contributed by atoms with van der Waals surface area (Å²) in [5.41, 5.74) is 0.986. The lowest BCUT2D eigenvalue weighted by Crippen LogP contribution is -2.48. The van der Waals surface area contributed by atoms with E-state index in [0.717, 1.165) is 10.0 Å². The predicted octanol–water partition coefficient (Wildman–Crippen LogP) is 3.32. The van der Waals surface area contributed by atoms with E-state index in [1.807, 2.05) is 26.8 Å². The predicted molar refractivity (Wildman–Crippen MR) is 85.3 cm³/mol. The van der Waals surface area contributed by atoms with Crippen molar-refractivity contribution < 1.29 is 13.2 Å². The molecule has 4 nitrogen and oxygen atoms in total. The molecular weight excluding hydrogens is 410 g/mol. The molecule has 1 aromatic rings. The molecule has 1 aliphatic rings. The monoisotopic (exact) mass is 425 g/mol. The quantitative estimate of drug-likeness (QED) is 0.728. The molecule has 7 heteroatoms. The topological polar surface area (TPSA) is 46.6 Å². The molecule has 2 atom stereocenters. The van der Waals surface area contributed by atoms with E-state index >= 15 is 0 Å². The van der Waals surface area contributed by atoms with Crippen LogP contribution in [-0.2, 0) is 14.8 Å². The molecule has 1 aliphatic heterocycles. The van der Waals surface area contributed by atoms with Crippen LogP contribution in [-0.4, -0.2) is 38.0 Å². The molecular formula is C13H17Br2NO3S. The highest BCUT2D eigenvalue weighted by Gasteiger charge is 2.33. The first-order chi connectivity index (χ1) is 9.21. The highest BCUT2D eigenvalue weighted by Crippen LogP contribution is 2.31. The van der Waals surface area contributed by atoms with Crippen LogP contribution in [0.3, 0.4) is 0 Å². The van der Waals surface area contributed by atoms with E-state index in [9.17, 15) is 8.42 Å². The van der Waals surface area contributed by atoms with Crippen LogP contribution in [0, 0.1) is 6.92 Å². The number of rotatable bonds is 2. The van der Waals surface area contributed by atoms with Crippen molar-refractivity contribution in [3.05, 3.63) is 26.6 Å². The number of ether oxygens (including phenoxy) is 1. The van der Waals surface area contributed by atoms with Crippen LogP contribution in [0.5, 0.6) is 0 Å². The highest BCUT2D eigenvalue weighted by atomic mass is 79.9. The van der Waals surface area contributed by atoms with E-state index in [2.05, 4.69) is 31.9 Å². The van der Waals surface area contributed by atoms with Crippen molar-refractivity contribution in [2.45, 2.75) is 37.9 Å². The maximum atomic E-state index is 12.8. The average Bonchev–Trinajstić information content (AvgIpc) is 2.32. The van der Waals surface area contributed by atoms with Gasteiger partial charge in [0.25, 0.3) is 0 Å². The summed E-state index contributed by atoms with van der Waals surface area (Å²) < 4.78 is 34.0. The molecule has 0 N–H and O–H groups in total. The van der Waals surface area contributed by atoms with Gasteiger partial charge in [0.05, 0.1) is 17.1 Å². The summed E-state index contributed by atoms with van der Waals surface area (Å²) in [5.74, 6) is 0. The van der Waals surface area contributed by atoms with Gasteiger partial charge in [-0.05, 0) is 54.4 Å². The first kappa shape index (κ1) is 16.4. The number of benzene rings is 1. The second-order valence-electron chi connectivity index (χ2n) is 5.11. The second-order valence-corrected chi connectivity index (χ2v) is 8.73. The standard InChI is InChI=1S/C13H17Br2NO3S/c1-8-4-12(15)13(5-11(8)14)20(17,18)16-6-9(2)19-10(3)7-16/h4-5,9-10H,6-7H2,1-3H3/t9-,10+.